The Morgan fingerprint density at radius 3 is 3.25 bits per heavy atom. The highest BCUT2D eigenvalue weighted by Gasteiger charge is 2.12. The molecule has 1 aromatic rings. The lowest BCUT2D eigenvalue weighted by molar-refractivity contribution is 0.226. The molecule has 4 heteroatoms. The van der Waals surface area contributed by atoms with E-state index in [4.69, 9.17) is 0 Å². The molecule has 2 rings (SSSR count). The van der Waals surface area contributed by atoms with E-state index in [1.54, 1.807) is 6.20 Å². The topological polar surface area (TPSA) is 41.1 Å². The Morgan fingerprint density at radius 2 is 2.44 bits per heavy atom. The normalized spacial score (nSPS) is 23.7. The van der Waals surface area contributed by atoms with Crippen LogP contribution >= 0.6 is 0 Å². The lowest BCUT2D eigenvalue weighted by atomic mass is 10.1. The molecule has 4 nitrogen and oxygen atoms in total. The van der Waals surface area contributed by atoms with E-state index in [0.29, 0.717) is 6.04 Å². The molecule has 0 radical (unpaired) electrons. The van der Waals surface area contributed by atoms with Crippen molar-refractivity contribution in [3.63, 3.8) is 0 Å². The van der Waals surface area contributed by atoms with Gasteiger partial charge in [0.2, 0.25) is 0 Å². The second-order valence-electron chi connectivity index (χ2n) is 4.49. The van der Waals surface area contributed by atoms with Crippen molar-refractivity contribution < 1.29 is 0 Å². The molecule has 0 saturated carbocycles. The van der Waals surface area contributed by atoms with Gasteiger partial charge in [0.1, 0.15) is 0 Å². The number of rotatable bonds is 2. The molecule has 0 spiro atoms. The fourth-order valence-electron chi connectivity index (χ4n) is 2.05. The largest absolute Gasteiger partial charge is 0.314 e. The third-order valence-corrected chi connectivity index (χ3v) is 3.04. The van der Waals surface area contributed by atoms with Crippen LogP contribution in [0.1, 0.15) is 25.5 Å². The second-order valence-corrected chi connectivity index (χ2v) is 4.49. The van der Waals surface area contributed by atoms with Crippen LogP contribution in [0.15, 0.2) is 18.3 Å². The average Bonchev–Trinajstić information content (AvgIpc) is 2.30. The molecule has 0 amide bonds. The quantitative estimate of drug-likeness (QED) is 0.809. The number of hydrogen-bond acceptors (Lipinski definition) is 4. The minimum atomic E-state index is 0.629. The van der Waals surface area contributed by atoms with E-state index < -0.39 is 0 Å². The molecule has 1 fully saturated rings. The summed E-state index contributed by atoms with van der Waals surface area (Å²) in [6, 6.07) is 4.63. The van der Waals surface area contributed by atoms with Crippen LogP contribution in [-0.2, 0) is 6.54 Å². The van der Waals surface area contributed by atoms with Gasteiger partial charge in [-0.05, 0) is 45.0 Å². The van der Waals surface area contributed by atoms with E-state index in [1.165, 1.54) is 12.8 Å². The summed E-state index contributed by atoms with van der Waals surface area (Å²) in [4.78, 5) is 2.47. The minimum Gasteiger partial charge on any atom is -0.314 e. The summed E-state index contributed by atoms with van der Waals surface area (Å²) in [6.45, 7) is 6.60. The number of nitrogens with one attached hydrogen (secondary N) is 1. The van der Waals surface area contributed by atoms with Crippen molar-refractivity contribution >= 4 is 0 Å². The van der Waals surface area contributed by atoms with Crippen molar-refractivity contribution in [3.8, 4) is 0 Å². The maximum Gasteiger partial charge on any atom is 0.0771 e. The molecule has 1 saturated heterocycles. The van der Waals surface area contributed by atoms with Gasteiger partial charge in [-0.3, -0.25) is 4.90 Å². The third-order valence-electron chi connectivity index (χ3n) is 3.04. The lowest BCUT2D eigenvalue weighted by Crippen LogP contribution is -2.38. The fourth-order valence-corrected chi connectivity index (χ4v) is 2.05. The minimum absolute atomic E-state index is 0.629. The summed E-state index contributed by atoms with van der Waals surface area (Å²) in [5, 5.41) is 11.6. The van der Waals surface area contributed by atoms with Crippen LogP contribution in [0, 0.1) is 0 Å². The Balaban J connectivity index is 1.88. The molecule has 1 unspecified atom stereocenters. The standard InChI is InChI=1S/C12H20N4/c1-11-5-9-16(8-3-6-13-11)10-12-4-2-7-14-15-12/h2,4,7,11,13H,3,5-6,8-10H2,1H3. The summed E-state index contributed by atoms with van der Waals surface area (Å²) in [6.07, 6.45) is 4.15. The number of aromatic nitrogens is 2. The Bertz CT molecular complexity index is 301. The van der Waals surface area contributed by atoms with Gasteiger partial charge >= 0.3 is 0 Å². The summed E-state index contributed by atoms with van der Waals surface area (Å²) < 4.78 is 0. The average molecular weight is 220 g/mol. The van der Waals surface area contributed by atoms with E-state index in [-0.39, 0.29) is 0 Å². The zero-order valence-electron chi connectivity index (χ0n) is 9.89. The first-order valence-electron chi connectivity index (χ1n) is 6.07. The Morgan fingerprint density at radius 1 is 1.50 bits per heavy atom. The van der Waals surface area contributed by atoms with Gasteiger partial charge < -0.3 is 5.32 Å². The highest BCUT2D eigenvalue weighted by molar-refractivity contribution is 4.98. The zero-order valence-corrected chi connectivity index (χ0v) is 9.89. The predicted octanol–water partition coefficient (Wildman–Crippen LogP) is 1.05. The molecular formula is C12H20N4. The molecule has 1 atom stereocenters. The van der Waals surface area contributed by atoms with Gasteiger partial charge in [0.25, 0.3) is 0 Å². The van der Waals surface area contributed by atoms with Crippen molar-refractivity contribution in [1.29, 1.82) is 0 Å². The molecule has 1 aromatic heterocycles. The van der Waals surface area contributed by atoms with E-state index in [0.717, 1.165) is 31.9 Å². The Hall–Kier alpha value is -1.00. The summed E-state index contributed by atoms with van der Waals surface area (Å²) in [7, 11) is 0. The van der Waals surface area contributed by atoms with Gasteiger partial charge in [0.15, 0.2) is 0 Å². The van der Waals surface area contributed by atoms with Crippen molar-refractivity contribution in [2.75, 3.05) is 19.6 Å². The maximum atomic E-state index is 4.14. The first-order valence-corrected chi connectivity index (χ1v) is 6.07. The summed E-state index contributed by atoms with van der Waals surface area (Å²) in [5.41, 5.74) is 1.07. The lowest BCUT2D eigenvalue weighted by Gasteiger charge is -2.27. The molecule has 1 aliphatic heterocycles. The summed E-state index contributed by atoms with van der Waals surface area (Å²) >= 11 is 0. The highest BCUT2D eigenvalue weighted by atomic mass is 15.2. The van der Waals surface area contributed by atoms with Gasteiger partial charge in [-0.25, -0.2) is 0 Å². The third kappa shape index (κ3) is 3.54. The molecule has 0 bridgehead atoms. The van der Waals surface area contributed by atoms with Gasteiger partial charge in [-0.15, -0.1) is 0 Å². The maximum absolute atomic E-state index is 4.14. The summed E-state index contributed by atoms with van der Waals surface area (Å²) in [5.74, 6) is 0. The van der Waals surface area contributed by atoms with Crippen molar-refractivity contribution in [1.82, 2.24) is 20.4 Å². The van der Waals surface area contributed by atoms with Gasteiger partial charge in [0.05, 0.1) is 5.69 Å². The number of nitrogens with zero attached hydrogens (tertiary/aromatic N) is 3. The van der Waals surface area contributed by atoms with Crippen LogP contribution in [0.2, 0.25) is 0 Å². The zero-order chi connectivity index (χ0) is 11.2. The van der Waals surface area contributed by atoms with E-state index in [2.05, 4.69) is 27.3 Å². The highest BCUT2D eigenvalue weighted by Crippen LogP contribution is 2.06. The first kappa shape index (κ1) is 11.5. The van der Waals surface area contributed by atoms with E-state index in [9.17, 15) is 0 Å². The van der Waals surface area contributed by atoms with Crippen molar-refractivity contribution in [3.05, 3.63) is 24.0 Å². The SMILES string of the molecule is CC1CCN(Cc2cccnn2)CCCN1. The first-order chi connectivity index (χ1) is 7.84. The molecular weight excluding hydrogens is 200 g/mol. The van der Waals surface area contributed by atoms with Gasteiger partial charge in [0, 0.05) is 25.3 Å². The van der Waals surface area contributed by atoms with Crippen molar-refractivity contribution in [2.24, 2.45) is 0 Å². The molecule has 1 aliphatic rings. The fraction of sp³-hybridized carbons (Fsp3) is 0.667. The molecule has 88 valence electrons. The van der Waals surface area contributed by atoms with Crippen LogP contribution in [-0.4, -0.2) is 40.8 Å². The van der Waals surface area contributed by atoms with Gasteiger partial charge in [-0.1, -0.05) is 0 Å². The van der Waals surface area contributed by atoms with E-state index >= 15 is 0 Å². The number of hydrogen-bond donors (Lipinski definition) is 1. The van der Waals surface area contributed by atoms with Crippen LogP contribution in [0.25, 0.3) is 0 Å². The van der Waals surface area contributed by atoms with Crippen LogP contribution in [0.3, 0.4) is 0 Å². The molecule has 2 heterocycles. The second kappa shape index (κ2) is 5.92. The van der Waals surface area contributed by atoms with Crippen LogP contribution in [0.5, 0.6) is 0 Å². The van der Waals surface area contributed by atoms with Crippen LogP contribution in [0.4, 0.5) is 0 Å². The molecule has 16 heavy (non-hydrogen) atoms. The smallest absolute Gasteiger partial charge is 0.0771 e. The Kier molecular flexibility index (Phi) is 4.25. The van der Waals surface area contributed by atoms with Gasteiger partial charge in [-0.2, -0.15) is 10.2 Å². The molecule has 0 aromatic carbocycles. The molecule has 0 aliphatic carbocycles. The Labute approximate surface area is 97.1 Å². The van der Waals surface area contributed by atoms with E-state index in [1.807, 2.05) is 12.1 Å². The molecule has 1 N–H and O–H groups in total. The van der Waals surface area contributed by atoms with Crippen molar-refractivity contribution in [2.45, 2.75) is 32.4 Å². The van der Waals surface area contributed by atoms with Crippen LogP contribution < -0.4 is 5.32 Å². The monoisotopic (exact) mass is 220 g/mol. The predicted molar refractivity (Wildman–Crippen MR) is 64.0 cm³/mol.